The number of carbonyl (C=O) groups is 5. The fraction of sp³-hybridized carbons (Fsp3) is 0.607. The third kappa shape index (κ3) is 5.59. The molecule has 5 amide bonds. The van der Waals surface area contributed by atoms with Crippen LogP contribution in [0.15, 0.2) is 24.3 Å². The minimum atomic E-state index is -1.18. The highest BCUT2D eigenvalue weighted by molar-refractivity contribution is 6.00. The first-order valence-electron chi connectivity index (χ1n) is 14.2. The molecule has 42 heavy (non-hydrogen) atoms. The van der Waals surface area contributed by atoms with Gasteiger partial charge in [-0.15, -0.1) is 0 Å². The molecule has 228 valence electrons. The quantitative estimate of drug-likeness (QED) is 0.237. The maximum Gasteiger partial charge on any atom is 0.254 e. The van der Waals surface area contributed by atoms with Gasteiger partial charge in [0.05, 0.1) is 24.4 Å². The van der Waals surface area contributed by atoms with Crippen LogP contribution < -0.4 is 5.73 Å². The molecule has 0 spiro atoms. The van der Waals surface area contributed by atoms with Crippen molar-refractivity contribution in [2.75, 3.05) is 26.2 Å². The smallest absolute Gasteiger partial charge is 0.254 e. The summed E-state index contributed by atoms with van der Waals surface area (Å²) in [4.78, 5) is 71.2. The molecule has 4 heterocycles. The van der Waals surface area contributed by atoms with Crippen LogP contribution in [0, 0.1) is 6.92 Å². The summed E-state index contributed by atoms with van der Waals surface area (Å²) in [5.41, 5.74) is 6.72. The molecule has 6 N–H and O–H groups in total. The van der Waals surface area contributed by atoms with Crippen molar-refractivity contribution in [3.63, 3.8) is 0 Å². The molecule has 4 aliphatic rings. The lowest BCUT2D eigenvalue weighted by atomic mass is 10.1. The van der Waals surface area contributed by atoms with E-state index in [0.29, 0.717) is 5.56 Å². The fourth-order valence-electron chi connectivity index (χ4n) is 6.62. The van der Waals surface area contributed by atoms with Gasteiger partial charge in [-0.2, -0.15) is 0 Å². The van der Waals surface area contributed by atoms with Crippen molar-refractivity contribution in [2.24, 2.45) is 5.73 Å². The molecule has 8 atom stereocenters. The van der Waals surface area contributed by atoms with Crippen molar-refractivity contribution in [3.8, 4) is 0 Å². The lowest BCUT2D eigenvalue weighted by Gasteiger charge is -2.35. The van der Waals surface area contributed by atoms with Crippen LogP contribution in [0.5, 0.6) is 0 Å². The number of aliphatic hydroxyl groups excluding tert-OH is 4. The van der Waals surface area contributed by atoms with Gasteiger partial charge in [0.2, 0.25) is 23.6 Å². The minimum Gasteiger partial charge on any atom is -0.391 e. The second-order valence-electron chi connectivity index (χ2n) is 11.8. The SMILES string of the molecule is Cc1ccc(C(=O)N2C[C@@H](O)C[C@@H]2C(=O)N2C[C@@H](O)C[C@@H]2C(=O)N2C[C@@H](O)C[C@@H]2C(=O)N2C[C@@H](O)C[C@@H]2C(N)=O)cc1. The molecular formula is C28H37N5O9. The number of hydrogen-bond acceptors (Lipinski definition) is 9. The second-order valence-corrected chi connectivity index (χ2v) is 11.8. The van der Waals surface area contributed by atoms with E-state index in [4.69, 9.17) is 5.73 Å². The molecule has 0 radical (unpaired) electrons. The molecule has 1 aromatic rings. The van der Waals surface area contributed by atoms with Crippen molar-refractivity contribution in [1.29, 1.82) is 0 Å². The number of rotatable bonds is 5. The molecule has 4 fully saturated rings. The maximum atomic E-state index is 13.9. The van der Waals surface area contributed by atoms with Crippen molar-refractivity contribution >= 4 is 29.5 Å². The van der Waals surface area contributed by atoms with Gasteiger partial charge in [0.25, 0.3) is 5.91 Å². The Balaban J connectivity index is 1.36. The number of nitrogens with two attached hydrogens (primary N) is 1. The number of primary amides is 1. The Bertz CT molecular complexity index is 1260. The fourth-order valence-corrected chi connectivity index (χ4v) is 6.62. The van der Waals surface area contributed by atoms with Crippen LogP contribution in [0.2, 0.25) is 0 Å². The van der Waals surface area contributed by atoms with Crippen LogP contribution in [0.3, 0.4) is 0 Å². The van der Waals surface area contributed by atoms with Crippen LogP contribution in [0.25, 0.3) is 0 Å². The lowest BCUT2D eigenvalue weighted by molar-refractivity contribution is -0.151. The van der Waals surface area contributed by atoms with E-state index < -0.39 is 78.1 Å². The molecule has 0 aliphatic carbocycles. The van der Waals surface area contributed by atoms with E-state index in [0.717, 1.165) is 15.4 Å². The number of nitrogens with zero attached hydrogens (tertiary/aromatic N) is 4. The molecule has 1 aromatic carbocycles. The van der Waals surface area contributed by atoms with Gasteiger partial charge in [-0.25, -0.2) is 0 Å². The number of hydrogen-bond donors (Lipinski definition) is 5. The summed E-state index contributed by atoms with van der Waals surface area (Å²) in [6.07, 6.45) is -4.33. The van der Waals surface area contributed by atoms with Gasteiger partial charge in [0, 0.05) is 57.4 Å². The maximum absolute atomic E-state index is 13.9. The zero-order valence-corrected chi connectivity index (χ0v) is 23.3. The van der Waals surface area contributed by atoms with Gasteiger partial charge >= 0.3 is 0 Å². The summed E-state index contributed by atoms with van der Waals surface area (Å²) in [5, 5.41) is 41.4. The summed E-state index contributed by atoms with van der Waals surface area (Å²) < 4.78 is 0. The van der Waals surface area contributed by atoms with E-state index in [-0.39, 0.29) is 51.9 Å². The van der Waals surface area contributed by atoms with Crippen LogP contribution in [0.1, 0.15) is 41.6 Å². The Morgan fingerprint density at radius 3 is 1.33 bits per heavy atom. The Hall–Kier alpha value is -3.59. The van der Waals surface area contributed by atoms with E-state index >= 15 is 0 Å². The number of benzene rings is 1. The van der Waals surface area contributed by atoms with E-state index in [1.54, 1.807) is 24.3 Å². The van der Waals surface area contributed by atoms with Gasteiger partial charge in [0.15, 0.2) is 0 Å². The number of amides is 5. The molecule has 4 aliphatic heterocycles. The Kier molecular flexibility index (Phi) is 8.25. The van der Waals surface area contributed by atoms with Gasteiger partial charge < -0.3 is 45.8 Å². The van der Waals surface area contributed by atoms with Gasteiger partial charge in [-0.05, 0) is 19.1 Å². The summed E-state index contributed by atoms with van der Waals surface area (Å²) >= 11 is 0. The first-order chi connectivity index (χ1) is 19.8. The molecule has 0 saturated carbocycles. The third-order valence-corrected chi connectivity index (χ3v) is 8.71. The molecule has 0 bridgehead atoms. The highest BCUT2D eigenvalue weighted by atomic mass is 16.3. The molecule has 4 saturated heterocycles. The van der Waals surface area contributed by atoms with E-state index in [1.165, 1.54) is 9.80 Å². The summed E-state index contributed by atoms with van der Waals surface area (Å²) in [5.74, 6) is -3.17. The Morgan fingerprint density at radius 1 is 0.595 bits per heavy atom. The standard InChI is InChI=1S/C28H37N5O9/c1-14-2-4-15(5-3-14)25(39)31-11-17(35)7-21(31)27(41)33-13-19(37)9-23(33)28(42)32-12-18(36)8-22(32)26(40)30-10-16(34)6-20(30)24(29)38/h2-5,16-23,34-37H,6-13H2,1H3,(H2,29,38)/t16-,17-,18-,19-,20+,21+,22+,23+/m0/s1. The predicted molar refractivity (Wildman–Crippen MR) is 144 cm³/mol. The van der Waals surface area contributed by atoms with Gasteiger partial charge in [-0.1, -0.05) is 17.7 Å². The number of aliphatic hydroxyl groups is 4. The highest BCUT2D eigenvalue weighted by Gasteiger charge is 2.51. The summed E-state index contributed by atoms with van der Waals surface area (Å²) in [7, 11) is 0. The largest absolute Gasteiger partial charge is 0.391 e. The topological polar surface area (TPSA) is 205 Å². The van der Waals surface area contributed by atoms with E-state index in [1.807, 2.05) is 6.92 Å². The molecule has 5 rings (SSSR count). The monoisotopic (exact) mass is 587 g/mol. The first kappa shape index (κ1) is 29.9. The van der Waals surface area contributed by atoms with E-state index in [2.05, 4.69) is 0 Å². The Labute approximate surface area is 242 Å². The van der Waals surface area contributed by atoms with Crippen LogP contribution in [-0.4, -0.2) is 144 Å². The molecule has 0 unspecified atom stereocenters. The average molecular weight is 588 g/mol. The van der Waals surface area contributed by atoms with Gasteiger partial charge in [0.1, 0.15) is 24.2 Å². The predicted octanol–water partition coefficient (Wildman–Crippen LogP) is -3.06. The summed E-state index contributed by atoms with van der Waals surface area (Å²) in [6, 6.07) is 2.32. The van der Waals surface area contributed by atoms with Gasteiger partial charge in [-0.3, -0.25) is 24.0 Å². The van der Waals surface area contributed by atoms with Crippen molar-refractivity contribution in [1.82, 2.24) is 19.6 Å². The number of aryl methyl sites for hydroxylation is 1. The number of β-amino-alcohol motifs (C(OH)–C–C–N with tert-alkyl or cyclic N) is 4. The van der Waals surface area contributed by atoms with Crippen molar-refractivity contribution in [2.45, 2.75) is 81.2 Å². The number of carbonyl (C=O) groups excluding carboxylic acids is 5. The zero-order valence-electron chi connectivity index (χ0n) is 23.3. The third-order valence-electron chi connectivity index (χ3n) is 8.71. The number of likely N-dealkylation sites (tertiary alicyclic amines) is 4. The molecule has 14 nitrogen and oxygen atoms in total. The molecule has 0 aromatic heterocycles. The molecular weight excluding hydrogens is 550 g/mol. The van der Waals surface area contributed by atoms with Crippen LogP contribution in [-0.2, 0) is 19.2 Å². The summed E-state index contributed by atoms with van der Waals surface area (Å²) in [6.45, 7) is 1.25. The van der Waals surface area contributed by atoms with Crippen molar-refractivity contribution in [3.05, 3.63) is 35.4 Å². The second kappa shape index (κ2) is 11.6. The van der Waals surface area contributed by atoms with Crippen LogP contribution in [0.4, 0.5) is 0 Å². The first-order valence-corrected chi connectivity index (χ1v) is 14.2. The van der Waals surface area contributed by atoms with Crippen LogP contribution >= 0.6 is 0 Å². The zero-order chi connectivity index (χ0) is 30.5. The van der Waals surface area contributed by atoms with Crippen molar-refractivity contribution < 1.29 is 44.4 Å². The highest BCUT2D eigenvalue weighted by Crippen LogP contribution is 2.31. The van der Waals surface area contributed by atoms with E-state index in [9.17, 15) is 44.4 Å². The normalized spacial score (nSPS) is 33.0. The average Bonchev–Trinajstić information content (AvgIpc) is 3.72. The Morgan fingerprint density at radius 2 is 0.929 bits per heavy atom. The minimum absolute atomic E-state index is 0.0353. The lowest BCUT2D eigenvalue weighted by Crippen LogP contribution is -2.57. The molecule has 14 heteroatoms.